The summed E-state index contributed by atoms with van der Waals surface area (Å²) >= 11 is 0. The average Bonchev–Trinajstić information content (AvgIpc) is 2.53. The third kappa shape index (κ3) is 3.24. The van der Waals surface area contributed by atoms with Crippen molar-refractivity contribution in [3.63, 3.8) is 0 Å². The van der Waals surface area contributed by atoms with Gasteiger partial charge in [0.15, 0.2) is 0 Å². The van der Waals surface area contributed by atoms with Gasteiger partial charge in [0, 0.05) is 17.0 Å². The molecule has 1 heteroatoms. The van der Waals surface area contributed by atoms with Crippen molar-refractivity contribution in [3.05, 3.63) is 35.8 Å². The van der Waals surface area contributed by atoms with Crippen molar-refractivity contribution in [2.75, 3.05) is 13.5 Å². The second-order valence-corrected chi connectivity index (χ2v) is 2.17. The van der Waals surface area contributed by atoms with E-state index >= 15 is 0 Å². The van der Waals surface area contributed by atoms with Gasteiger partial charge in [-0.3, -0.25) is 4.90 Å². The van der Waals surface area contributed by atoms with Crippen molar-refractivity contribution < 1.29 is 20.6 Å². The third-order valence-corrected chi connectivity index (χ3v) is 1.22. The van der Waals surface area contributed by atoms with Crippen LogP contribution < -0.4 is 0 Å². The lowest BCUT2D eigenvalue weighted by molar-refractivity contribution is 0.287. The van der Waals surface area contributed by atoms with Crippen molar-refractivity contribution in [1.82, 2.24) is 4.90 Å². The normalized spacial score (nSPS) is 31.9. The van der Waals surface area contributed by atoms with Crippen LogP contribution in [0.5, 0.6) is 0 Å². The Balaban J connectivity index is 4.03. The Hall–Kier alpha value is -1.26. The Morgan fingerprint density at radius 2 is 2.43 bits per heavy atom. The van der Waals surface area contributed by atoms with E-state index in [1.54, 1.807) is 0 Å². The molecule has 0 radical (unpaired) electrons. The Morgan fingerprint density at radius 3 is 3.00 bits per heavy atom. The highest BCUT2D eigenvalue weighted by Gasteiger charge is 2.07. The number of hydrogen-bond donors (Lipinski definition) is 0. The summed E-state index contributed by atoms with van der Waals surface area (Å²) in [5.74, 6) is 1.47. The molecule has 74 valence electrons. The van der Waals surface area contributed by atoms with Crippen LogP contribution >= 0.6 is 0 Å². The molecule has 1 rings (SSSR count). The van der Waals surface area contributed by atoms with E-state index in [0.717, 1.165) is 0 Å². The summed E-state index contributed by atoms with van der Waals surface area (Å²) < 4.78 is 116. The number of nitrogens with zero attached hydrogens (tertiary/aromatic N) is 1. The molecule has 0 aromatic heterocycles. The predicted octanol–water partition coefficient (Wildman–Crippen LogP) is 2.18. The van der Waals surface area contributed by atoms with Gasteiger partial charge in [-0.05, 0) is 25.8 Å². The lowest BCUT2D eigenvalue weighted by Gasteiger charge is -2.22. The highest BCUT2D eigenvalue weighted by molar-refractivity contribution is 5.15. The number of hydrogen-bond acceptors (Lipinski definition) is 1. The summed E-state index contributed by atoms with van der Waals surface area (Å²) in [6.45, 7) is -10.3. The molecule has 1 atom stereocenters. The van der Waals surface area contributed by atoms with Crippen molar-refractivity contribution in [3.8, 4) is 12.3 Å². The van der Waals surface area contributed by atoms with E-state index in [1.807, 2.05) is 0 Å². The second-order valence-electron chi connectivity index (χ2n) is 2.17. The van der Waals surface area contributed by atoms with Gasteiger partial charge >= 0.3 is 0 Å². The maximum Gasteiger partial charge on any atom is 0.0626 e. The minimum atomic E-state index is -3.55. The first-order valence-corrected chi connectivity index (χ1v) is 3.57. The molecule has 0 aliphatic rings. The molecule has 0 aliphatic carbocycles. The highest BCUT2D eigenvalue weighted by Crippen LogP contribution is 2.06. The molecule has 0 amide bonds. The summed E-state index contributed by atoms with van der Waals surface area (Å²) in [5, 5.41) is 0. The van der Waals surface area contributed by atoms with Crippen LogP contribution in [0.1, 0.15) is 33.0 Å². The fourth-order valence-corrected chi connectivity index (χ4v) is 0.658. The SMILES string of the molecule is [2H]c1c([2H])c([2H])c(C([2H])([2H])[C@H](N(C([2H])([2H])[2H])C([2H])([2H])C#C)C([2H])([2H])[2H])c([2H])c1[2H]. The molecule has 1 aromatic carbocycles. The van der Waals surface area contributed by atoms with Gasteiger partial charge in [0.2, 0.25) is 0 Å². The van der Waals surface area contributed by atoms with Crippen LogP contribution in [0.3, 0.4) is 0 Å². The maximum absolute atomic E-state index is 8.30. The van der Waals surface area contributed by atoms with Crippen LogP contribution in [0.15, 0.2) is 30.2 Å². The average molecular weight is 202 g/mol. The fourth-order valence-electron chi connectivity index (χ4n) is 0.658. The minimum absolute atomic E-state index is 0.340. The molecule has 0 saturated heterocycles. The first kappa shape index (κ1) is 2.28. The zero-order valence-corrected chi connectivity index (χ0v) is 7.10. The van der Waals surface area contributed by atoms with Gasteiger partial charge in [0.05, 0.1) is 16.1 Å². The van der Waals surface area contributed by atoms with Gasteiger partial charge in [0.1, 0.15) is 0 Å². The molecule has 0 unspecified atom stereocenters. The van der Waals surface area contributed by atoms with E-state index in [0.29, 0.717) is 0 Å². The first-order chi connectivity index (χ1) is 12.7. The Morgan fingerprint density at radius 1 is 1.64 bits per heavy atom. The van der Waals surface area contributed by atoms with Gasteiger partial charge in [-0.2, -0.15) is 0 Å². The van der Waals surface area contributed by atoms with E-state index in [9.17, 15) is 0 Å². The summed E-state index contributed by atoms with van der Waals surface area (Å²) in [4.78, 5) is -0.340. The van der Waals surface area contributed by atoms with E-state index < -0.39 is 68.5 Å². The number of benzene rings is 1. The molecular formula is C13H17N. The largest absolute Gasteiger partial charge is 0.292 e. The van der Waals surface area contributed by atoms with Crippen molar-refractivity contribution >= 4 is 0 Å². The topological polar surface area (TPSA) is 3.24 Å². The Labute approximate surface area is 108 Å². The standard InChI is InChI=1S/C13H17N/c1-4-10-14(3)12(2)11-13-8-6-5-7-9-13/h1,5-9,12H,10-11H2,2-3H3/t12-/m1/s1/i2D3,3D3,5D,6D,7D,8D,9D,10D2,11D2. The number of rotatable bonds is 4. The summed E-state index contributed by atoms with van der Waals surface area (Å²) in [6.07, 6.45) is 1.57. The third-order valence-electron chi connectivity index (χ3n) is 1.22. The molecular weight excluding hydrogens is 170 g/mol. The lowest BCUT2D eigenvalue weighted by atomic mass is 10.1. The van der Waals surface area contributed by atoms with E-state index in [1.165, 1.54) is 5.92 Å². The smallest absolute Gasteiger partial charge is 0.0626 e. The second kappa shape index (κ2) is 5.47. The van der Waals surface area contributed by atoms with Crippen LogP contribution in [-0.2, 0) is 6.37 Å². The quantitative estimate of drug-likeness (QED) is 0.677. The van der Waals surface area contributed by atoms with Gasteiger partial charge < -0.3 is 0 Å². The Bertz CT molecular complexity index is 800. The molecule has 0 heterocycles. The predicted molar refractivity (Wildman–Crippen MR) is 61.1 cm³/mol. The molecule has 0 spiro atoms. The molecule has 1 nitrogen and oxygen atoms in total. The van der Waals surface area contributed by atoms with Crippen LogP contribution in [0, 0.1) is 12.3 Å². The summed E-state index contributed by atoms with van der Waals surface area (Å²) in [7, 11) is 0. The van der Waals surface area contributed by atoms with E-state index in [2.05, 4.69) is 0 Å². The molecule has 0 bridgehead atoms. The molecule has 0 saturated carbocycles. The molecule has 14 heavy (non-hydrogen) atoms. The van der Waals surface area contributed by atoms with E-state index in [4.69, 9.17) is 27.0 Å². The molecule has 1 aromatic rings. The van der Waals surface area contributed by atoms with Crippen molar-refractivity contribution in [1.29, 1.82) is 0 Å². The van der Waals surface area contributed by atoms with Gasteiger partial charge in [-0.1, -0.05) is 36.1 Å². The van der Waals surface area contributed by atoms with Crippen LogP contribution in [0.25, 0.3) is 0 Å². The molecule has 0 aliphatic heterocycles. The zero-order valence-electron chi connectivity index (χ0n) is 22.1. The van der Waals surface area contributed by atoms with Crippen LogP contribution in [0.2, 0.25) is 0 Å². The number of likely N-dealkylation sites (N-methyl/N-ethyl adjacent to an activating group) is 1. The molecule has 0 N–H and O–H groups in total. The highest BCUT2D eigenvalue weighted by atomic mass is 15.1. The maximum atomic E-state index is 8.30. The molecule has 0 fully saturated rings. The van der Waals surface area contributed by atoms with Crippen LogP contribution in [-0.4, -0.2) is 24.4 Å². The first-order valence-electron chi connectivity index (χ1n) is 11.1. The van der Waals surface area contributed by atoms with Crippen LogP contribution in [0.4, 0.5) is 0 Å². The lowest BCUT2D eigenvalue weighted by Crippen LogP contribution is -2.31. The van der Waals surface area contributed by atoms with Gasteiger partial charge in [-0.25, -0.2) is 0 Å². The number of terminal acetylenes is 1. The van der Waals surface area contributed by atoms with E-state index in [-0.39, 0.29) is 4.90 Å². The monoisotopic (exact) mass is 202 g/mol. The Kier molecular flexibility index (Phi) is 0.891. The van der Waals surface area contributed by atoms with Crippen molar-refractivity contribution in [2.45, 2.75) is 19.3 Å². The van der Waals surface area contributed by atoms with Crippen molar-refractivity contribution in [2.24, 2.45) is 0 Å². The summed E-state index contributed by atoms with van der Waals surface area (Å²) in [5.41, 5.74) is -1.12. The minimum Gasteiger partial charge on any atom is -0.292 e. The summed E-state index contributed by atoms with van der Waals surface area (Å²) in [6, 6.07) is -7.78. The zero-order chi connectivity index (χ0) is 23.3. The van der Waals surface area contributed by atoms with Gasteiger partial charge in [-0.15, -0.1) is 6.42 Å². The fraction of sp³-hybridized carbons (Fsp3) is 0.385. The van der Waals surface area contributed by atoms with Gasteiger partial charge in [0.25, 0.3) is 0 Å².